The summed E-state index contributed by atoms with van der Waals surface area (Å²) in [6.07, 6.45) is 7.95. The molecule has 0 aliphatic heterocycles. The fourth-order valence-corrected chi connectivity index (χ4v) is 5.81. The van der Waals surface area contributed by atoms with Crippen LogP contribution in [-0.4, -0.2) is 0 Å². The van der Waals surface area contributed by atoms with Crippen molar-refractivity contribution in [3.63, 3.8) is 0 Å². The molecule has 4 fully saturated rings. The largest absolute Gasteiger partial charge is 0.427 e. The van der Waals surface area contributed by atoms with E-state index in [0.717, 1.165) is 28.9 Å². The summed E-state index contributed by atoms with van der Waals surface area (Å²) < 4.78 is 5.82. The second-order valence-electron chi connectivity index (χ2n) is 7.68. The average Bonchev–Trinajstić information content (AvgIpc) is 2.46. The summed E-state index contributed by atoms with van der Waals surface area (Å²) >= 11 is 0. The van der Waals surface area contributed by atoms with E-state index in [9.17, 15) is 4.79 Å². The molecule has 2 heteroatoms. The maximum atomic E-state index is 12.3. The van der Waals surface area contributed by atoms with Gasteiger partial charge in [0.1, 0.15) is 5.76 Å². The summed E-state index contributed by atoms with van der Waals surface area (Å²) in [5.41, 5.74) is 0.0108. The monoisotopic (exact) mass is 280 g/mol. The molecule has 4 saturated carbocycles. The number of rotatable bonds is 1. The van der Waals surface area contributed by atoms with Crippen LogP contribution in [0.4, 0.5) is 0 Å². The molecular formula is C19H20O2. The molecule has 0 amide bonds. The Balaban J connectivity index is 1.69. The third-order valence-electron chi connectivity index (χ3n) is 6.23. The highest BCUT2D eigenvalue weighted by molar-refractivity contribution is 5.81. The second-order valence-corrected chi connectivity index (χ2v) is 7.68. The zero-order valence-corrected chi connectivity index (χ0v) is 12.2. The Morgan fingerprint density at radius 2 is 1.57 bits per heavy atom. The Hall–Kier alpha value is -1.57. The zero-order valence-electron chi connectivity index (χ0n) is 12.2. The molecule has 21 heavy (non-hydrogen) atoms. The van der Waals surface area contributed by atoms with Crippen LogP contribution in [0.15, 0.2) is 39.5 Å². The highest BCUT2D eigenvalue weighted by atomic mass is 16.4. The van der Waals surface area contributed by atoms with Crippen LogP contribution in [0.2, 0.25) is 0 Å². The summed E-state index contributed by atoms with van der Waals surface area (Å²) in [6.45, 7) is 0. The van der Waals surface area contributed by atoms with Gasteiger partial charge in [0.05, 0.1) is 5.39 Å². The van der Waals surface area contributed by atoms with Crippen LogP contribution in [0.5, 0.6) is 0 Å². The molecule has 0 N–H and O–H groups in total. The molecule has 1 aromatic heterocycles. The minimum atomic E-state index is -0.154. The van der Waals surface area contributed by atoms with Crippen molar-refractivity contribution < 1.29 is 4.42 Å². The number of benzene rings is 1. The van der Waals surface area contributed by atoms with Crippen molar-refractivity contribution in [1.29, 1.82) is 0 Å². The molecule has 0 radical (unpaired) electrons. The molecule has 4 aliphatic rings. The summed E-state index contributed by atoms with van der Waals surface area (Å²) in [5, 5.41) is 1.76. The maximum absolute atomic E-state index is 12.3. The van der Waals surface area contributed by atoms with Crippen LogP contribution < -0.4 is 5.63 Å². The van der Waals surface area contributed by atoms with Crippen LogP contribution in [0.3, 0.4) is 0 Å². The highest BCUT2D eigenvalue weighted by Gasteiger charge is 2.53. The zero-order chi connectivity index (χ0) is 14.0. The van der Waals surface area contributed by atoms with E-state index >= 15 is 0 Å². The lowest BCUT2D eigenvalue weighted by Gasteiger charge is -2.56. The Kier molecular flexibility index (Phi) is 2.29. The molecule has 2 aromatic rings. The summed E-state index contributed by atoms with van der Waals surface area (Å²) in [4.78, 5) is 12.3. The lowest BCUT2D eigenvalue weighted by Crippen LogP contribution is -2.48. The Labute approximate surface area is 124 Å². The van der Waals surface area contributed by atoms with E-state index in [-0.39, 0.29) is 11.0 Å². The lowest BCUT2D eigenvalue weighted by atomic mass is 9.49. The fourth-order valence-electron chi connectivity index (χ4n) is 5.81. The van der Waals surface area contributed by atoms with E-state index in [0.29, 0.717) is 5.39 Å². The molecule has 1 heterocycles. The standard InChI is InChI=1S/C19H20O2/c20-18-16-4-2-1-3-15(16)8-17(21-18)19-9-12-5-13(10-19)7-14(6-12)11-19/h1-4,8,12-14H,5-7,9-11H2. The second kappa shape index (κ2) is 4.00. The molecule has 2 nitrogen and oxygen atoms in total. The van der Waals surface area contributed by atoms with Gasteiger partial charge in [-0.1, -0.05) is 18.2 Å². The Morgan fingerprint density at radius 3 is 2.24 bits per heavy atom. The van der Waals surface area contributed by atoms with Gasteiger partial charge in [-0.2, -0.15) is 0 Å². The van der Waals surface area contributed by atoms with E-state index < -0.39 is 0 Å². The average molecular weight is 280 g/mol. The third kappa shape index (κ3) is 1.68. The maximum Gasteiger partial charge on any atom is 0.343 e. The van der Waals surface area contributed by atoms with Crippen molar-refractivity contribution in [1.82, 2.24) is 0 Å². The normalized spacial score (nSPS) is 37.2. The molecular weight excluding hydrogens is 260 g/mol. The van der Waals surface area contributed by atoms with Gasteiger partial charge in [-0.3, -0.25) is 0 Å². The smallest absolute Gasteiger partial charge is 0.343 e. The number of hydrogen-bond acceptors (Lipinski definition) is 2. The van der Waals surface area contributed by atoms with Crippen LogP contribution in [0.25, 0.3) is 10.8 Å². The Morgan fingerprint density at radius 1 is 0.952 bits per heavy atom. The van der Waals surface area contributed by atoms with Crippen molar-refractivity contribution in [3.05, 3.63) is 46.5 Å². The van der Waals surface area contributed by atoms with E-state index in [2.05, 4.69) is 6.07 Å². The summed E-state index contributed by atoms with van der Waals surface area (Å²) in [7, 11) is 0. The van der Waals surface area contributed by atoms with E-state index in [1.807, 2.05) is 24.3 Å². The first-order valence-corrected chi connectivity index (χ1v) is 8.25. The van der Waals surface area contributed by atoms with Crippen LogP contribution in [0.1, 0.15) is 44.3 Å². The van der Waals surface area contributed by atoms with Crippen LogP contribution >= 0.6 is 0 Å². The van der Waals surface area contributed by atoms with Gasteiger partial charge in [0.2, 0.25) is 0 Å². The predicted molar refractivity (Wildman–Crippen MR) is 82.3 cm³/mol. The van der Waals surface area contributed by atoms with Gasteiger partial charge in [0.25, 0.3) is 0 Å². The van der Waals surface area contributed by atoms with Gasteiger partial charge in [0.15, 0.2) is 0 Å². The van der Waals surface area contributed by atoms with Crippen molar-refractivity contribution in [2.24, 2.45) is 17.8 Å². The molecule has 4 bridgehead atoms. The van der Waals surface area contributed by atoms with Gasteiger partial charge < -0.3 is 4.42 Å². The summed E-state index contributed by atoms with van der Waals surface area (Å²) in [5.74, 6) is 3.58. The molecule has 0 atom stereocenters. The van der Waals surface area contributed by atoms with E-state index in [1.165, 1.54) is 38.5 Å². The van der Waals surface area contributed by atoms with E-state index in [1.54, 1.807) is 0 Å². The molecule has 0 unspecified atom stereocenters. The first-order valence-electron chi connectivity index (χ1n) is 8.25. The lowest BCUT2D eigenvalue weighted by molar-refractivity contribution is -0.0162. The number of fused-ring (bicyclic) bond motifs is 1. The molecule has 6 rings (SSSR count). The van der Waals surface area contributed by atoms with Crippen LogP contribution in [0, 0.1) is 17.8 Å². The fraction of sp³-hybridized carbons (Fsp3) is 0.526. The first-order chi connectivity index (χ1) is 10.2. The van der Waals surface area contributed by atoms with Crippen molar-refractivity contribution in [2.75, 3.05) is 0 Å². The molecule has 0 saturated heterocycles. The molecule has 1 aromatic carbocycles. The minimum absolute atomic E-state index is 0.154. The van der Waals surface area contributed by atoms with Gasteiger partial charge in [-0.25, -0.2) is 4.79 Å². The highest BCUT2D eigenvalue weighted by Crippen LogP contribution is 2.60. The van der Waals surface area contributed by atoms with Gasteiger partial charge >= 0.3 is 5.63 Å². The topological polar surface area (TPSA) is 30.2 Å². The van der Waals surface area contributed by atoms with Crippen molar-refractivity contribution in [3.8, 4) is 0 Å². The van der Waals surface area contributed by atoms with Crippen molar-refractivity contribution in [2.45, 2.75) is 43.9 Å². The number of hydrogen-bond donors (Lipinski definition) is 0. The van der Waals surface area contributed by atoms with Crippen LogP contribution in [-0.2, 0) is 5.41 Å². The third-order valence-corrected chi connectivity index (χ3v) is 6.23. The van der Waals surface area contributed by atoms with Crippen molar-refractivity contribution >= 4 is 10.8 Å². The van der Waals surface area contributed by atoms with Gasteiger partial charge in [-0.05, 0) is 73.8 Å². The summed E-state index contributed by atoms with van der Waals surface area (Å²) in [6, 6.07) is 9.97. The quantitative estimate of drug-likeness (QED) is 0.781. The van der Waals surface area contributed by atoms with E-state index in [4.69, 9.17) is 4.42 Å². The SMILES string of the molecule is O=c1oc(C23CC4CC(CC(C4)C2)C3)cc2ccccc12. The molecule has 4 aliphatic carbocycles. The molecule has 0 spiro atoms. The minimum Gasteiger partial charge on any atom is -0.427 e. The molecule has 108 valence electrons. The van der Waals surface area contributed by atoms with Gasteiger partial charge in [-0.15, -0.1) is 0 Å². The first kappa shape index (κ1) is 12.0. The Bertz CT molecular complexity index is 735. The predicted octanol–water partition coefficient (Wildman–Crippen LogP) is 4.26. The van der Waals surface area contributed by atoms with Gasteiger partial charge in [0, 0.05) is 5.41 Å².